The highest BCUT2D eigenvalue weighted by Crippen LogP contribution is 2.36. The molecule has 4 nitrogen and oxygen atoms in total. The molecular weight excluding hydrogens is 266 g/mol. The van der Waals surface area contributed by atoms with Crippen molar-refractivity contribution in [3.63, 3.8) is 0 Å². The lowest BCUT2D eigenvalue weighted by Crippen LogP contribution is -2.30. The second kappa shape index (κ2) is 5.88. The Hall–Kier alpha value is -1.84. The minimum Gasteiger partial charge on any atom is -0.478 e. The van der Waals surface area contributed by atoms with Gasteiger partial charge in [0.05, 0.1) is 12.0 Å². The van der Waals surface area contributed by atoms with E-state index in [0.717, 1.165) is 18.7 Å². The molecule has 1 heterocycles. The van der Waals surface area contributed by atoms with Crippen molar-refractivity contribution in [2.24, 2.45) is 11.8 Å². The van der Waals surface area contributed by atoms with Crippen LogP contribution < -0.4 is 0 Å². The first-order valence-electron chi connectivity index (χ1n) is 7.73. The molecule has 3 rings (SSSR count). The maximum absolute atomic E-state index is 12.4. The van der Waals surface area contributed by atoms with Gasteiger partial charge in [0.15, 0.2) is 0 Å². The lowest BCUT2D eigenvalue weighted by molar-refractivity contribution is -0.129. The largest absolute Gasteiger partial charge is 0.478 e. The van der Waals surface area contributed by atoms with Gasteiger partial charge in [-0.3, -0.25) is 4.79 Å². The van der Waals surface area contributed by atoms with Crippen molar-refractivity contribution in [2.75, 3.05) is 13.1 Å². The maximum Gasteiger partial charge on any atom is 0.335 e. The fourth-order valence-corrected chi connectivity index (χ4v) is 3.66. The Morgan fingerprint density at radius 2 is 1.62 bits per heavy atom. The van der Waals surface area contributed by atoms with Gasteiger partial charge in [0, 0.05) is 13.1 Å². The van der Waals surface area contributed by atoms with Crippen molar-refractivity contribution in [1.29, 1.82) is 0 Å². The number of rotatable bonds is 3. The highest BCUT2D eigenvalue weighted by Gasteiger charge is 2.36. The molecule has 112 valence electrons. The van der Waals surface area contributed by atoms with Gasteiger partial charge in [0.2, 0.25) is 5.91 Å². The van der Waals surface area contributed by atoms with E-state index in [1.165, 1.54) is 25.7 Å². The van der Waals surface area contributed by atoms with Crippen LogP contribution in [-0.4, -0.2) is 35.0 Å². The predicted octanol–water partition coefficient (Wildman–Crippen LogP) is 2.58. The van der Waals surface area contributed by atoms with Crippen molar-refractivity contribution in [2.45, 2.75) is 32.1 Å². The number of aromatic carboxylic acids is 1. The zero-order chi connectivity index (χ0) is 14.8. The summed E-state index contributed by atoms with van der Waals surface area (Å²) in [6, 6.07) is 6.61. The van der Waals surface area contributed by atoms with Crippen molar-refractivity contribution in [3.8, 4) is 0 Å². The van der Waals surface area contributed by atoms with E-state index in [0.29, 0.717) is 18.3 Å². The molecular formula is C17H21NO3. The van der Waals surface area contributed by atoms with Gasteiger partial charge in [0.1, 0.15) is 0 Å². The average molecular weight is 287 g/mol. The standard InChI is InChI=1S/C17H21NO3/c19-16(9-12-5-7-13(8-6-12)17(20)21)18-10-14-3-1-2-4-15(14)11-18/h5-8,14-15H,1-4,9-11H2,(H,20,21). The second-order valence-electron chi connectivity index (χ2n) is 6.28. The Morgan fingerprint density at radius 1 is 1.05 bits per heavy atom. The molecule has 1 saturated carbocycles. The van der Waals surface area contributed by atoms with Gasteiger partial charge in [-0.15, -0.1) is 0 Å². The van der Waals surface area contributed by atoms with E-state index in [2.05, 4.69) is 0 Å². The smallest absolute Gasteiger partial charge is 0.335 e. The molecule has 1 N–H and O–H groups in total. The molecule has 1 aliphatic carbocycles. The van der Waals surface area contributed by atoms with E-state index in [4.69, 9.17) is 5.11 Å². The highest BCUT2D eigenvalue weighted by molar-refractivity contribution is 5.87. The number of nitrogens with zero attached hydrogens (tertiary/aromatic N) is 1. The number of carboxylic acid groups (broad SMARTS) is 1. The summed E-state index contributed by atoms with van der Waals surface area (Å²) in [6.45, 7) is 1.83. The van der Waals surface area contributed by atoms with Gasteiger partial charge < -0.3 is 10.0 Å². The predicted molar refractivity (Wildman–Crippen MR) is 79.1 cm³/mol. The molecule has 0 radical (unpaired) electrons. The van der Waals surface area contributed by atoms with Crippen LogP contribution in [0.1, 0.15) is 41.6 Å². The van der Waals surface area contributed by atoms with Crippen molar-refractivity contribution in [3.05, 3.63) is 35.4 Å². The Bertz CT molecular complexity index is 523. The number of likely N-dealkylation sites (tertiary alicyclic amines) is 1. The van der Waals surface area contributed by atoms with E-state index in [-0.39, 0.29) is 11.5 Å². The van der Waals surface area contributed by atoms with E-state index >= 15 is 0 Å². The van der Waals surface area contributed by atoms with E-state index in [9.17, 15) is 9.59 Å². The molecule has 2 fully saturated rings. The molecule has 0 spiro atoms. The van der Waals surface area contributed by atoms with Gasteiger partial charge in [-0.25, -0.2) is 4.79 Å². The molecule has 1 aromatic rings. The first kappa shape index (κ1) is 14.1. The third-order valence-corrected chi connectivity index (χ3v) is 4.89. The summed E-state index contributed by atoms with van der Waals surface area (Å²) >= 11 is 0. The van der Waals surface area contributed by atoms with Crippen LogP contribution in [0.5, 0.6) is 0 Å². The topological polar surface area (TPSA) is 57.6 Å². The van der Waals surface area contributed by atoms with Gasteiger partial charge in [-0.1, -0.05) is 25.0 Å². The van der Waals surface area contributed by atoms with E-state index in [1.54, 1.807) is 24.3 Å². The molecule has 0 bridgehead atoms. The third-order valence-electron chi connectivity index (χ3n) is 4.89. The fraction of sp³-hybridized carbons (Fsp3) is 0.529. The summed E-state index contributed by atoms with van der Waals surface area (Å²) in [7, 11) is 0. The monoisotopic (exact) mass is 287 g/mol. The summed E-state index contributed by atoms with van der Waals surface area (Å²) in [6.07, 6.45) is 5.52. The second-order valence-corrected chi connectivity index (χ2v) is 6.28. The molecule has 21 heavy (non-hydrogen) atoms. The van der Waals surface area contributed by atoms with Crippen molar-refractivity contribution in [1.82, 2.24) is 4.90 Å². The minimum absolute atomic E-state index is 0.174. The lowest BCUT2D eigenvalue weighted by atomic mass is 9.82. The number of carbonyl (C=O) groups is 2. The van der Waals surface area contributed by atoms with Crippen LogP contribution >= 0.6 is 0 Å². The van der Waals surface area contributed by atoms with Crippen LogP contribution in [0.25, 0.3) is 0 Å². The Kier molecular flexibility index (Phi) is 3.95. The summed E-state index contributed by atoms with van der Waals surface area (Å²) < 4.78 is 0. The zero-order valence-electron chi connectivity index (χ0n) is 12.1. The van der Waals surface area contributed by atoms with Gasteiger partial charge in [-0.05, 0) is 42.4 Å². The first-order chi connectivity index (χ1) is 10.1. The lowest BCUT2D eigenvalue weighted by Gasteiger charge is -2.22. The Labute approximate surface area is 124 Å². The molecule has 0 aromatic heterocycles. The average Bonchev–Trinajstić information content (AvgIpc) is 2.92. The molecule has 1 aromatic carbocycles. The molecule has 2 aliphatic rings. The number of benzene rings is 1. The highest BCUT2D eigenvalue weighted by atomic mass is 16.4. The number of fused-ring (bicyclic) bond motifs is 1. The zero-order valence-corrected chi connectivity index (χ0v) is 12.1. The SMILES string of the molecule is O=C(O)c1ccc(CC(=O)N2CC3CCCCC3C2)cc1. The fourth-order valence-electron chi connectivity index (χ4n) is 3.66. The number of carboxylic acids is 1. The third kappa shape index (κ3) is 3.09. The van der Waals surface area contributed by atoms with Gasteiger partial charge in [0.25, 0.3) is 0 Å². The van der Waals surface area contributed by atoms with Crippen molar-refractivity contribution >= 4 is 11.9 Å². The van der Waals surface area contributed by atoms with Crippen LogP contribution in [0.15, 0.2) is 24.3 Å². The molecule has 2 atom stereocenters. The number of hydrogen-bond donors (Lipinski definition) is 1. The summed E-state index contributed by atoms with van der Waals surface area (Å²) in [5.74, 6) is 0.651. The quantitative estimate of drug-likeness (QED) is 0.929. The van der Waals surface area contributed by atoms with Gasteiger partial charge >= 0.3 is 5.97 Å². The van der Waals surface area contributed by atoms with E-state index in [1.807, 2.05) is 4.90 Å². The summed E-state index contributed by atoms with van der Waals surface area (Å²) in [5, 5.41) is 8.87. The summed E-state index contributed by atoms with van der Waals surface area (Å²) in [5.41, 5.74) is 1.15. The molecule has 4 heteroatoms. The molecule has 1 aliphatic heterocycles. The Morgan fingerprint density at radius 3 is 2.14 bits per heavy atom. The van der Waals surface area contributed by atoms with Crippen LogP contribution in [0.3, 0.4) is 0 Å². The number of amides is 1. The van der Waals surface area contributed by atoms with Crippen LogP contribution in [0.4, 0.5) is 0 Å². The maximum atomic E-state index is 12.4. The molecule has 1 amide bonds. The summed E-state index contributed by atoms with van der Waals surface area (Å²) in [4.78, 5) is 25.2. The van der Waals surface area contributed by atoms with E-state index < -0.39 is 5.97 Å². The van der Waals surface area contributed by atoms with Gasteiger partial charge in [-0.2, -0.15) is 0 Å². The number of hydrogen-bond acceptors (Lipinski definition) is 2. The normalized spacial score (nSPS) is 24.7. The Balaban J connectivity index is 1.60. The van der Waals surface area contributed by atoms with Crippen molar-refractivity contribution < 1.29 is 14.7 Å². The van der Waals surface area contributed by atoms with Crippen LogP contribution in [0.2, 0.25) is 0 Å². The minimum atomic E-state index is -0.934. The molecule has 1 saturated heterocycles. The van der Waals surface area contributed by atoms with Crippen LogP contribution in [0, 0.1) is 11.8 Å². The van der Waals surface area contributed by atoms with Crippen LogP contribution in [-0.2, 0) is 11.2 Å². The number of carbonyl (C=O) groups excluding carboxylic acids is 1. The molecule has 2 unspecified atom stereocenters. The first-order valence-corrected chi connectivity index (χ1v) is 7.73.